The third-order valence-electron chi connectivity index (χ3n) is 3.00. The second-order valence-corrected chi connectivity index (χ2v) is 4.72. The molecule has 0 radical (unpaired) electrons. The highest BCUT2D eigenvalue weighted by Crippen LogP contribution is 2.27. The summed E-state index contributed by atoms with van der Waals surface area (Å²) in [7, 11) is 0. The number of hydrogen-bond acceptors (Lipinski definition) is 4. The summed E-state index contributed by atoms with van der Waals surface area (Å²) in [6, 6.07) is 11.6. The maximum absolute atomic E-state index is 5.68. The number of nitrogens with one attached hydrogen (secondary N) is 1. The molecular weight excluding hydrogens is 284 g/mol. The Kier molecular flexibility index (Phi) is 3.79. The smallest absolute Gasteiger partial charge is 0.200 e. The van der Waals surface area contributed by atoms with Crippen molar-refractivity contribution < 1.29 is 4.74 Å². The van der Waals surface area contributed by atoms with E-state index in [1.54, 1.807) is 12.4 Å². The Morgan fingerprint density at radius 3 is 2.86 bits per heavy atom. The molecule has 0 saturated carbocycles. The highest BCUT2D eigenvalue weighted by atomic mass is 32.1. The van der Waals surface area contributed by atoms with Crippen molar-refractivity contribution in [3.8, 4) is 22.8 Å². The van der Waals surface area contributed by atoms with E-state index in [-0.39, 0.29) is 0 Å². The Labute approximate surface area is 127 Å². The van der Waals surface area contributed by atoms with Crippen LogP contribution in [0.4, 0.5) is 0 Å². The van der Waals surface area contributed by atoms with Gasteiger partial charge in [-0.1, -0.05) is 12.1 Å². The van der Waals surface area contributed by atoms with Gasteiger partial charge in [0.15, 0.2) is 10.6 Å². The number of hydrogen-bond donors (Lipinski definition) is 1. The second-order valence-electron chi connectivity index (χ2n) is 4.33. The fourth-order valence-corrected chi connectivity index (χ4v) is 2.36. The average molecular weight is 298 g/mol. The number of H-pyrrole nitrogens is 1. The van der Waals surface area contributed by atoms with Crippen LogP contribution in [0, 0.1) is 4.77 Å². The lowest BCUT2D eigenvalue weighted by atomic mass is 10.2. The fourth-order valence-electron chi connectivity index (χ4n) is 2.13. The Hall–Kier alpha value is -2.47. The number of aromatic amines is 1. The lowest BCUT2D eigenvalue weighted by Gasteiger charge is -2.12. The van der Waals surface area contributed by atoms with E-state index in [1.807, 2.05) is 47.9 Å². The summed E-state index contributed by atoms with van der Waals surface area (Å²) < 4.78 is 8.06. The molecule has 0 saturated heterocycles. The molecule has 1 aromatic carbocycles. The van der Waals surface area contributed by atoms with E-state index in [2.05, 4.69) is 15.2 Å². The van der Waals surface area contributed by atoms with Crippen LogP contribution in [-0.2, 0) is 0 Å². The molecule has 0 atom stereocenters. The van der Waals surface area contributed by atoms with Gasteiger partial charge in [0.2, 0.25) is 0 Å². The maximum Gasteiger partial charge on any atom is 0.200 e. The van der Waals surface area contributed by atoms with Gasteiger partial charge in [-0.25, -0.2) is 0 Å². The molecule has 0 spiro atoms. The van der Waals surface area contributed by atoms with Gasteiger partial charge < -0.3 is 4.74 Å². The standard InChI is InChI=1S/C15H14N4OS/c1-2-20-13-8-4-3-7-12(13)19-14(17-18-15(19)21)11-6-5-9-16-10-11/h3-10H,2H2,1H3,(H,18,21). The highest BCUT2D eigenvalue weighted by Gasteiger charge is 2.14. The van der Waals surface area contributed by atoms with Gasteiger partial charge in [-0.2, -0.15) is 5.10 Å². The van der Waals surface area contributed by atoms with Crippen LogP contribution in [0.25, 0.3) is 17.1 Å². The number of para-hydroxylation sites is 2. The zero-order valence-corrected chi connectivity index (χ0v) is 12.3. The number of pyridine rings is 1. The molecule has 0 aliphatic rings. The number of nitrogens with zero attached hydrogens (tertiary/aromatic N) is 3. The molecule has 5 nitrogen and oxygen atoms in total. The van der Waals surface area contributed by atoms with Gasteiger partial charge in [0, 0.05) is 18.0 Å². The molecule has 0 aliphatic heterocycles. The van der Waals surface area contributed by atoms with Crippen LogP contribution in [0.2, 0.25) is 0 Å². The van der Waals surface area contributed by atoms with Crippen LogP contribution in [0.15, 0.2) is 48.8 Å². The van der Waals surface area contributed by atoms with Crippen molar-refractivity contribution in [3.63, 3.8) is 0 Å². The predicted octanol–water partition coefficient (Wildman–Crippen LogP) is 3.39. The van der Waals surface area contributed by atoms with E-state index >= 15 is 0 Å². The van der Waals surface area contributed by atoms with Crippen molar-refractivity contribution >= 4 is 12.2 Å². The molecule has 3 aromatic rings. The van der Waals surface area contributed by atoms with Gasteiger partial charge in [-0.3, -0.25) is 14.6 Å². The monoisotopic (exact) mass is 298 g/mol. The molecule has 0 fully saturated rings. The van der Waals surface area contributed by atoms with Crippen LogP contribution in [0.5, 0.6) is 5.75 Å². The molecule has 2 aromatic heterocycles. The third-order valence-corrected chi connectivity index (χ3v) is 3.27. The molecule has 2 heterocycles. The average Bonchev–Trinajstić information content (AvgIpc) is 2.91. The molecule has 6 heteroatoms. The zero-order chi connectivity index (χ0) is 14.7. The zero-order valence-electron chi connectivity index (χ0n) is 11.5. The summed E-state index contributed by atoms with van der Waals surface area (Å²) in [4.78, 5) is 4.13. The van der Waals surface area contributed by atoms with Crippen molar-refractivity contribution in [2.75, 3.05) is 6.61 Å². The van der Waals surface area contributed by atoms with Crippen LogP contribution in [0.3, 0.4) is 0 Å². The minimum atomic E-state index is 0.515. The Balaban J connectivity index is 2.20. The molecular formula is C15H14N4OS. The van der Waals surface area contributed by atoms with Crippen molar-refractivity contribution in [1.29, 1.82) is 0 Å². The largest absolute Gasteiger partial charge is 0.492 e. The number of benzene rings is 1. The number of rotatable bonds is 4. The molecule has 0 unspecified atom stereocenters. The minimum Gasteiger partial charge on any atom is -0.492 e. The summed E-state index contributed by atoms with van der Waals surface area (Å²) in [6.45, 7) is 2.54. The lowest BCUT2D eigenvalue weighted by Crippen LogP contribution is -2.02. The quantitative estimate of drug-likeness (QED) is 0.750. The normalized spacial score (nSPS) is 10.5. The van der Waals surface area contributed by atoms with Crippen molar-refractivity contribution in [1.82, 2.24) is 19.7 Å². The van der Waals surface area contributed by atoms with Gasteiger partial charge in [-0.05, 0) is 43.4 Å². The van der Waals surface area contributed by atoms with E-state index in [9.17, 15) is 0 Å². The summed E-state index contributed by atoms with van der Waals surface area (Å²) in [5.74, 6) is 1.47. The van der Waals surface area contributed by atoms with E-state index in [0.29, 0.717) is 17.2 Å². The summed E-state index contributed by atoms with van der Waals surface area (Å²) in [5.41, 5.74) is 1.74. The van der Waals surface area contributed by atoms with Crippen molar-refractivity contribution in [2.45, 2.75) is 6.92 Å². The van der Waals surface area contributed by atoms with E-state index in [0.717, 1.165) is 17.0 Å². The SMILES string of the molecule is CCOc1ccccc1-n1c(-c2cccnc2)n[nH]c1=S. The molecule has 1 N–H and O–H groups in total. The summed E-state index contributed by atoms with van der Waals surface area (Å²) >= 11 is 5.37. The van der Waals surface area contributed by atoms with Crippen LogP contribution >= 0.6 is 12.2 Å². The van der Waals surface area contributed by atoms with Crippen molar-refractivity contribution in [3.05, 3.63) is 53.6 Å². The fraction of sp³-hybridized carbons (Fsp3) is 0.133. The number of aromatic nitrogens is 4. The van der Waals surface area contributed by atoms with Gasteiger partial charge >= 0.3 is 0 Å². The van der Waals surface area contributed by atoms with Crippen molar-refractivity contribution in [2.24, 2.45) is 0 Å². The van der Waals surface area contributed by atoms with E-state index in [1.165, 1.54) is 0 Å². The van der Waals surface area contributed by atoms with Crippen LogP contribution in [0.1, 0.15) is 6.92 Å². The first-order valence-electron chi connectivity index (χ1n) is 6.61. The van der Waals surface area contributed by atoms with Gasteiger partial charge in [0.05, 0.1) is 12.3 Å². The number of ether oxygens (including phenoxy) is 1. The maximum atomic E-state index is 5.68. The van der Waals surface area contributed by atoms with E-state index in [4.69, 9.17) is 17.0 Å². The molecule has 3 rings (SSSR count). The Morgan fingerprint density at radius 2 is 2.10 bits per heavy atom. The van der Waals surface area contributed by atoms with Gasteiger partial charge in [0.25, 0.3) is 0 Å². The lowest BCUT2D eigenvalue weighted by molar-refractivity contribution is 0.339. The third kappa shape index (κ3) is 2.57. The predicted molar refractivity (Wildman–Crippen MR) is 83.1 cm³/mol. The minimum absolute atomic E-state index is 0.515. The highest BCUT2D eigenvalue weighted by molar-refractivity contribution is 7.71. The molecule has 0 aliphatic carbocycles. The van der Waals surface area contributed by atoms with Gasteiger partial charge in [-0.15, -0.1) is 0 Å². The Bertz CT molecular complexity index is 795. The second kappa shape index (κ2) is 5.88. The van der Waals surface area contributed by atoms with Crippen LogP contribution in [-0.4, -0.2) is 26.4 Å². The summed E-state index contributed by atoms with van der Waals surface area (Å²) in [6.07, 6.45) is 3.48. The summed E-state index contributed by atoms with van der Waals surface area (Å²) in [5, 5.41) is 7.15. The topological polar surface area (TPSA) is 55.7 Å². The first-order valence-corrected chi connectivity index (χ1v) is 7.02. The Morgan fingerprint density at radius 1 is 1.24 bits per heavy atom. The molecule has 0 amide bonds. The first kappa shape index (κ1) is 13.5. The first-order chi connectivity index (χ1) is 10.3. The molecule has 21 heavy (non-hydrogen) atoms. The van der Waals surface area contributed by atoms with Gasteiger partial charge in [0.1, 0.15) is 5.75 Å². The molecule has 0 bridgehead atoms. The molecule has 106 valence electrons. The van der Waals surface area contributed by atoms with E-state index < -0.39 is 0 Å². The van der Waals surface area contributed by atoms with Crippen LogP contribution < -0.4 is 4.74 Å².